The van der Waals surface area contributed by atoms with E-state index < -0.39 is 42.1 Å². The van der Waals surface area contributed by atoms with E-state index in [9.17, 15) is 14.0 Å². The molecule has 3 heterocycles. The number of nitrogens with zero attached hydrogens (tertiary/aromatic N) is 3. The predicted molar refractivity (Wildman–Crippen MR) is 215 cm³/mol. The third-order valence-electron chi connectivity index (χ3n) is 8.58. The summed E-state index contributed by atoms with van der Waals surface area (Å²) in [5.74, 6) is -1.44. The Kier molecular flexibility index (Phi) is 8.71. The molecule has 0 aliphatic carbocycles. The molecule has 279 valence electrons. The molecule has 0 bridgehead atoms. The van der Waals surface area contributed by atoms with Gasteiger partial charge in [-0.05, 0) is 98.8 Å². The number of fused-ring (bicyclic) bond motifs is 6. The van der Waals surface area contributed by atoms with Gasteiger partial charge in [0.15, 0.2) is 0 Å². The minimum Gasteiger partial charge on any atom is -0.501 e. The number of rotatable bonds is 4. The van der Waals surface area contributed by atoms with Gasteiger partial charge in [-0.25, -0.2) is 0 Å². The molecule has 3 aromatic heterocycles. The van der Waals surface area contributed by atoms with E-state index in [1.807, 2.05) is 36.4 Å². The van der Waals surface area contributed by atoms with Gasteiger partial charge in [-0.1, -0.05) is 106 Å². The quantitative estimate of drug-likeness (QED) is 0.130. The first-order valence-electron chi connectivity index (χ1n) is 20.9. The number of furan rings is 1. The molecular formula is C48H41F2IrN3O-2. The van der Waals surface area contributed by atoms with E-state index in [2.05, 4.69) is 34.2 Å². The van der Waals surface area contributed by atoms with Crippen LogP contribution >= 0.6 is 0 Å². The molecule has 0 fully saturated rings. The smallest absolute Gasteiger partial charge is 0.121 e. The number of nitriles is 1. The van der Waals surface area contributed by atoms with Crippen LogP contribution in [0.25, 0.3) is 66.0 Å². The van der Waals surface area contributed by atoms with Crippen LogP contribution in [0.3, 0.4) is 0 Å². The van der Waals surface area contributed by atoms with Crippen molar-refractivity contribution in [3.63, 3.8) is 0 Å². The number of hydrogen-bond donors (Lipinski definition) is 0. The third-order valence-corrected chi connectivity index (χ3v) is 8.58. The van der Waals surface area contributed by atoms with Crippen LogP contribution in [-0.4, -0.2) is 9.97 Å². The van der Waals surface area contributed by atoms with Gasteiger partial charge in [0.2, 0.25) is 0 Å². The summed E-state index contributed by atoms with van der Waals surface area (Å²) in [7, 11) is 0. The summed E-state index contributed by atoms with van der Waals surface area (Å²) < 4.78 is 91.0. The van der Waals surface area contributed by atoms with Crippen LogP contribution in [0.1, 0.15) is 73.4 Å². The summed E-state index contributed by atoms with van der Waals surface area (Å²) >= 11 is 0. The van der Waals surface area contributed by atoms with Gasteiger partial charge in [0.05, 0.1) is 17.2 Å². The molecule has 0 saturated carbocycles. The molecule has 8 rings (SSSR count). The van der Waals surface area contributed by atoms with Gasteiger partial charge < -0.3 is 14.4 Å². The van der Waals surface area contributed by atoms with Crippen molar-refractivity contribution in [2.75, 3.05) is 0 Å². The van der Waals surface area contributed by atoms with Crippen LogP contribution in [0.5, 0.6) is 0 Å². The standard InChI is InChI=1S/C32H25N2O.C16H16F2N.Ir/c1-19-18-34-29(14-23(19)16-32(2,3)4)26-7-5-6-25-28-13-22-10-9-21-12-20(17-33)8-11-24(21)27(22)15-30(28)35-31(25)26;1-16(2,3)9-11-4-7-15(19-10-11)13-6-5-12(17)8-14(13)18;/h5-6,8-15,18H,16H2,1-4H3;4-5,7-8,10H,9H2,1-3H3;/q2*-1;/i1D3,16D2;9D2;. The van der Waals surface area contributed by atoms with Gasteiger partial charge in [-0.3, -0.25) is 8.78 Å². The number of hydrogen-bond acceptors (Lipinski definition) is 4. The summed E-state index contributed by atoms with van der Waals surface area (Å²) in [6.45, 7) is 8.12. The Morgan fingerprint density at radius 1 is 0.764 bits per heavy atom. The molecule has 4 nitrogen and oxygen atoms in total. The number of halogens is 2. The second-order valence-electron chi connectivity index (χ2n) is 15.2. The Hall–Kier alpha value is -5.28. The van der Waals surface area contributed by atoms with Gasteiger partial charge in [0, 0.05) is 59.1 Å². The first-order valence-corrected chi connectivity index (χ1v) is 17.4. The zero-order valence-corrected chi connectivity index (χ0v) is 33.5. The summed E-state index contributed by atoms with van der Waals surface area (Å²) in [4.78, 5) is 8.55. The molecule has 0 amide bonds. The molecule has 0 N–H and O–H groups in total. The minimum absolute atomic E-state index is 0. The molecule has 0 spiro atoms. The zero-order chi connectivity index (χ0) is 44.4. The Balaban J connectivity index is 0.000000247. The van der Waals surface area contributed by atoms with Gasteiger partial charge >= 0.3 is 0 Å². The summed E-state index contributed by atoms with van der Waals surface area (Å²) in [6.07, 6.45) is -0.867. The van der Waals surface area contributed by atoms with E-state index in [-0.39, 0.29) is 36.8 Å². The third kappa shape index (κ3) is 8.67. The van der Waals surface area contributed by atoms with Crippen LogP contribution in [0.15, 0.2) is 102 Å². The summed E-state index contributed by atoms with van der Waals surface area (Å²) in [5, 5.41) is 15.1. The van der Waals surface area contributed by atoms with E-state index in [0.717, 1.165) is 44.5 Å². The molecule has 55 heavy (non-hydrogen) atoms. The first-order chi connectivity index (χ1) is 28.4. The zero-order valence-electron chi connectivity index (χ0n) is 38.1. The Bertz CT molecular complexity index is 3040. The van der Waals surface area contributed by atoms with Crippen molar-refractivity contribution in [2.24, 2.45) is 10.8 Å². The summed E-state index contributed by atoms with van der Waals surface area (Å²) in [6, 6.07) is 31.8. The van der Waals surface area contributed by atoms with Gasteiger partial charge in [0.1, 0.15) is 5.58 Å². The SMILES string of the molecule is [2H]C([2H])([2H])c1cnc(-c2[c-]ccc3c2oc2cc4c(ccc5cc(C#N)ccc54)cc23)cc1C([2H])([2H])C(C)(C)C.[2H]C([2H])(c1ccc(-c2[c-]cc(F)cc2F)nc1)C(C)(C)C.[Ir]. The van der Waals surface area contributed by atoms with Gasteiger partial charge in [-0.15, -0.1) is 30.3 Å². The number of benzene rings is 5. The Morgan fingerprint density at radius 2 is 1.51 bits per heavy atom. The maximum absolute atomic E-state index is 13.7. The van der Waals surface area contributed by atoms with Crippen molar-refractivity contribution in [3.8, 4) is 28.6 Å². The van der Waals surface area contributed by atoms with E-state index in [4.69, 9.17) is 14.0 Å². The van der Waals surface area contributed by atoms with Crippen molar-refractivity contribution in [1.82, 2.24) is 9.97 Å². The predicted octanol–water partition coefficient (Wildman–Crippen LogP) is 12.9. The summed E-state index contributed by atoms with van der Waals surface area (Å²) in [5.41, 5.74) is 2.03. The van der Waals surface area contributed by atoms with E-state index >= 15 is 0 Å². The van der Waals surface area contributed by atoms with E-state index in [1.165, 1.54) is 24.5 Å². The van der Waals surface area contributed by atoms with Crippen LogP contribution in [0.2, 0.25) is 0 Å². The van der Waals surface area contributed by atoms with Crippen molar-refractivity contribution in [3.05, 3.63) is 143 Å². The normalized spacial score (nSPS) is 14.3. The van der Waals surface area contributed by atoms with Crippen molar-refractivity contribution in [2.45, 2.75) is 61.1 Å². The van der Waals surface area contributed by atoms with Crippen LogP contribution < -0.4 is 0 Å². The molecule has 0 unspecified atom stereocenters. The fourth-order valence-corrected chi connectivity index (χ4v) is 6.35. The average Bonchev–Trinajstić information content (AvgIpc) is 3.56. The van der Waals surface area contributed by atoms with Crippen LogP contribution in [0.4, 0.5) is 8.78 Å². The van der Waals surface area contributed by atoms with Gasteiger partial charge in [0.25, 0.3) is 0 Å². The van der Waals surface area contributed by atoms with Gasteiger partial charge in [-0.2, -0.15) is 5.26 Å². The number of aromatic nitrogens is 2. The van der Waals surface area contributed by atoms with Crippen molar-refractivity contribution in [1.29, 1.82) is 5.26 Å². The maximum atomic E-state index is 13.7. The molecule has 8 aromatic rings. The minimum atomic E-state index is -2.52. The monoisotopic (exact) mass is 913 g/mol. The van der Waals surface area contributed by atoms with Crippen LogP contribution in [-0.2, 0) is 32.9 Å². The maximum Gasteiger partial charge on any atom is 0.121 e. The second-order valence-corrected chi connectivity index (χ2v) is 15.2. The first kappa shape index (κ1) is 31.0. The largest absolute Gasteiger partial charge is 0.501 e. The molecule has 0 aliphatic rings. The van der Waals surface area contributed by atoms with Crippen molar-refractivity contribution >= 4 is 43.5 Å². The molecule has 5 aromatic carbocycles. The number of aryl methyl sites for hydroxylation is 1. The molecule has 0 atom stereocenters. The molecular weight excluding hydrogens is 865 g/mol. The Labute approximate surface area is 344 Å². The fourth-order valence-electron chi connectivity index (χ4n) is 6.35. The molecule has 0 aliphatic heterocycles. The molecule has 0 saturated heterocycles. The van der Waals surface area contributed by atoms with E-state index in [1.54, 1.807) is 59.7 Å². The van der Waals surface area contributed by atoms with Crippen LogP contribution in [0, 0.1) is 52.8 Å². The average molecular weight is 913 g/mol. The molecule has 1 radical (unpaired) electrons. The fraction of sp³-hybridized carbons (Fsp3) is 0.229. The second kappa shape index (κ2) is 15.5. The topological polar surface area (TPSA) is 62.7 Å². The van der Waals surface area contributed by atoms with E-state index in [0.29, 0.717) is 39.2 Å². The Morgan fingerprint density at radius 3 is 2.18 bits per heavy atom. The van der Waals surface area contributed by atoms with Crippen molar-refractivity contribution < 1.29 is 42.9 Å². The number of pyridine rings is 2. The molecule has 7 heteroatoms.